The zero-order chi connectivity index (χ0) is 16.7. The fraction of sp³-hybridized carbons (Fsp3) is 0.750. The van der Waals surface area contributed by atoms with Crippen molar-refractivity contribution in [1.82, 2.24) is 15.2 Å². The largest absolute Gasteiger partial charge is 0.443 e. The average molecular weight is 323 g/mol. The molecule has 0 unspecified atom stereocenters. The molecule has 0 amide bonds. The summed E-state index contributed by atoms with van der Waals surface area (Å²) in [6, 6.07) is 0. The van der Waals surface area contributed by atoms with Crippen molar-refractivity contribution in [3.8, 4) is 0 Å². The maximum absolute atomic E-state index is 5.87. The van der Waals surface area contributed by atoms with Crippen molar-refractivity contribution in [3.05, 3.63) is 17.8 Å². The van der Waals surface area contributed by atoms with Gasteiger partial charge in [0.25, 0.3) is 0 Å². The molecule has 3 N–H and O–H groups in total. The minimum atomic E-state index is -0.0434. The topological polar surface area (TPSA) is 88.9 Å². The first-order valence-electron chi connectivity index (χ1n) is 8.24. The molecule has 7 nitrogen and oxygen atoms in total. The molecule has 2 heterocycles. The number of aromatic nitrogens is 1. The summed E-state index contributed by atoms with van der Waals surface area (Å²) in [6.07, 6.45) is 2.79. The predicted octanol–water partition coefficient (Wildman–Crippen LogP) is 1.10. The standard InChI is InChI=1S/C16H29N5O2/c1-16(2,3)13-11-19-14(23-13)12-20-15(17)18-5-4-6-21-7-9-22-10-8-21/h11H,4-10,12H2,1-3H3,(H3,17,18,20). The van der Waals surface area contributed by atoms with Crippen LogP contribution in [0.3, 0.4) is 0 Å². The SMILES string of the molecule is CC(C)(C)c1cnc(CN=C(N)NCCCN2CCOCC2)o1. The molecule has 0 atom stereocenters. The van der Waals surface area contributed by atoms with Crippen LogP contribution in [0.5, 0.6) is 0 Å². The Labute approximate surface area is 138 Å². The molecule has 7 heteroatoms. The van der Waals surface area contributed by atoms with Crippen LogP contribution in [-0.4, -0.2) is 55.2 Å². The second-order valence-corrected chi connectivity index (χ2v) is 6.80. The predicted molar refractivity (Wildman–Crippen MR) is 90.4 cm³/mol. The van der Waals surface area contributed by atoms with Crippen LogP contribution in [0.15, 0.2) is 15.6 Å². The van der Waals surface area contributed by atoms with Crippen molar-refractivity contribution in [1.29, 1.82) is 0 Å². The molecular weight excluding hydrogens is 294 g/mol. The third-order valence-corrected chi connectivity index (χ3v) is 3.74. The fourth-order valence-corrected chi connectivity index (χ4v) is 2.28. The van der Waals surface area contributed by atoms with E-state index in [1.165, 1.54) is 0 Å². The van der Waals surface area contributed by atoms with E-state index in [4.69, 9.17) is 14.9 Å². The number of rotatable bonds is 6. The summed E-state index contributed by atoms with van der Waals surface area (Å²) in [5.74, 6) is 1.88. The van der Waals surface area contributed by atoms with E-state index in [-0.39, 0.29) is 5.41 Å². The Morgan fingerprint density at radius 2 is 2.13 bits per heavy atom. The van der Waals surface area contributed by atoms with Crippen LogP contribution >= 0.6 is 0 Å². The molecule has 2 rings (SSSR count). The van der Waals surface area contributed by atoms with Gasteiger partial charge in [-0.2, -0.15) is 0 Å². The van der Waals surface area contributed by atoms with Crippen LogP contribution in [0.1, 0.15) is 38.8 Å². The smallest absolute Gasteiger partial charge is 0.216 e. The van der Waals surface area contributed by atoms with Gasteiger partial charge in [0.15, 0.2) is 5.96 Å². The highest BCUT2D eigenvalue weighted by atomic mass is 16.5. The molecule has 0 bridgehead atoms. The Balaban J connectivity index is 1.65. The van der Waals surface area contributed by atoms with E-state index in [9.17, 15) is 0 Å². The van der Waals surface area contributed by atoms with E-state index in [2.05, 4.69) is 41.0 Å². The second kappa shape index (κ2) is 8.31. The molecule has 0 aliphatic carbocycles. The molecule has 0 aromatic carbocycles. The Bertz CT molecular complexity index is 501. The quantitative estimate of drug-likeness (QED) is 0.463. The number of ether oxygens (including phenoxy) is 1. The molecule has 0 saturated carbocycles. The molecule has 0 spiro atoms. The van der Waals surface area contributed by atoms with E-state index in [1.54, 1.807) is 6.20 Å². The first-order valence-corrected chi connectivity index (χ1v) is 8.24. The summed E-state index contributed by atoms with van der Waals surface area (Å²) in [6.45, 7) is 12.2. The average Bonchev–Trinajstić information content (AvgIpc) is 3.00. The molecule has 23 heavy (non-hydrogen) atoms. The van der Waals surface area contributed by atoms with Gasteiger partial charge in [-0.15, -0.1) is 0 Å². The minimum absolute atomic E-state index is 0.0434. The summed E-state index contributed by atoms with van der Waals surface area (Å²) < 4.78 is 11.0. The van der Waals surface area contributed by atoms with Gasteiger partial charge >= 0.3 is 0 Å². The van der Waals surface area contributed by atoms with E-state index >= 15 is 0 Å². The third kappa shape index (κ3) is 6.19. The highest BCUT2D eigenvalue weighted by Crippen LogP contribution is 2.22. The lowest BCUT2D eigenvalue weighted by Gasteiger charge is -2.26. The number of guanidine groups is 1. The summed E-state index contributed by atoms with van der Waals surface area (Å²) >= 11 is 0. The van der Waals surface area contributed by atoms with E-state index < -0.39 is 0 Å². The van der Waals surface area contributed by atoms with Gasteiger partial charge in [-0.25, -0.2) is 9.98 Å². The van der Waals surface area contributed by atoms with E-state index in [0.717, 1.165) is 51.6 Å². The zero-order valence-corrected chi connectivity index (χ0v) is 14.5. The zero-order valence-electron chi connectivity index (χ0n) is 14.5. The lowest BCUT2D eigenvalue weighted by Crippen LogP contribution is -2.39. The van der Waals surface area contributed by atoms with Gasteiger partial charge in [-0.3, -0.25) is 4.90 Å². The van der Waals surface area contributed by atoms with Gasteiger partial charge < -0.3 is 20.2 Å². The van der Waals surface area contributed by atoms with Crippen molar-refractivity contribution < 1.29 is 9.15 Å². The maximum atomic E-state index is 5.87. The molecule has 1 fully saturated rings. The van der Waals surface area contributed by atoms with Crippen LogP contribution in [0.4, 0.5) is 0 Å². The monoisotopic (exact) mass is 323 g/mol. The minimum Gasteiger partial charge on any atom is -0.443 e. The first kappa shape index (κ1) is 17.7. The normalized spacial score (nSPS) is 17.4. The van der Waals surface area contributed by atoms with Crippen molar-refractivity contribution in [2.45, 2.75) is 39.2 Å². The Hall–Kier alpha value is -1.60. The summed E-state index contributed by atoms with van der Waals surface area (Å²) in [5.41, 5.74) is 5.83. The van der Waals surface area contributed by atoms with Gasteiger partial charge in [-0.05, 0) is 13.0 Å². The number of aliphatic imine (C=N–C) groups is 1. The maximum Gasteiger partial charge on any atom is 0.216 e. The molecule has 130 valence electrons. The lowest BCUT2D eigenvalue weighted by atomic mass is 9.94. The van der Waals surface area contributed by atoms with Crippen LogP contribution < -0.4 is 11.1 Å². The third-order valence-electron chi connectivity index (χ3n) is 3.74. The number of hydrogen-bond donors (Lipinski definition) is 2. The fourth-order valence-electron chi connectivity index (χ4n) is 2.28. The van der Waals surface area contributed by atoms with Crippen molar-refractivity contribution in [3.63, 3.8) is 0 Å². The number of nitrogens with zero attached hydrogens (tertiary/aromatic N) is 3. The molecule has 1 aromatic heterocycles. The molecule has 1 saturated heterocycles. The number of oxazole rings is 1. The van der Waals surface area contributed by atoms with Gasteiger partial charge in [0.1, 0.15) is 12.3 Å². The summed E-state index contributed by atoms with van der Waals surface area (Å²) in [4.78, 5) is 10.9. The highest BCUT2D eigenvalue weighted by molar-refractivity contribution is 5.77. The van der Waals surface area contributed by atoms with Gasteiger partial charge in [0.05, 0.1) is 19.4 Å². The summed E-state index contributed by atoms with van der Waals surface area (Å²) in [7, 11) is 0. The van der Waals surface area contributed by atoms with Crippen LogP contribution in [0, 0.1) is 0 Å². The van der Waals surface area contributed by atoms with Gasteiger partial charge in [-0.1, -0.05) is 20.8 Å². The first-order chi connectivity index (χ1) is 10.9. The van der Waals surface area contributed by atoms with Crippen LogP contribution in [-0.2, 0) is 16.7 Å². The molecular formula is C16H29N5O2. The van der Waals surface area contributed by atoms with Crippen LogP contribution in [0.25, 0.3) is 0 Å². The number of hydrogen-bond acceptors (Lipinski definition) is 5. The number of morpholine rings is 1. The highest BCUT2D eigenvalue weighted by Gasteiger charge is 2.18. The summed E-state index contributed by atoms with van der Waals surface area (Å²) in [5, 5.41) is 3.13. The number of nitrogens with one attached hydrogen (secondary N) is 1. The lowest BCUT2D eigenvalue weighted by molar-refractivity contribution is 0.0376. The second-order valence-electron chi connectivity index (χ2n) is 6.80. The molecule has 1 aliphatic heterocycles. The van der Waals surface area contributed by atoms with Crippen molar-refractivity contribution in [2.24, 2.45) is 10.7 Å². The van der Waals surface area contributed by atoms with Gasteiger partial charge in [0.2, 0.25) is 5.89 Å². The number of nitrogens with two attached hydrogens (primary N) is 1. The van der Waals surface area contributed by atoms with Crippen molar-refractivity contribution >= 4 is 5.96 Å². The molecule has 0 radical (unpaired) electrons. The van der Waals surface area contributed by atoms with Crippen LogP contribution in [0.2, 0.25) is 0 Å². The van der Waals surface area contributed by atoms with E-state index in [1.807, 2.05) is 0 Å². The Kier molecular flexibility index (Phi) is 6.41. The van der Waals surface area contributed by atoms with Gasteiger partial charge in [0, 0.05) is 25.0 Å². The Morgan fingerprint density at radius 3 is 2.78 bits per heavy atom. The Morgan fingerprint density at radius 1 is 1.39 bits per heavy atom. The van der Waals surface area contributed by atoms with E-state index in [0.29, 0.717) is 18.4 Å². The van der Waals surface area contributed by atoms with Crippen molar-refractivity contribution in [2.75, 3.05) is 39.4 Å². The molecule has 1 aromatic rings. The molecule has 1 aliphatic rings.